The molecule has 0 radical (unpaired) electrons. The first-order valence-corrected chi connectivity index (χ1v) is 6.32. The van der Waals surface area contributed by atoms with Crippen LogP contribution in [-0.2, 0) is 17.6 Å². The van der Waals surface area contributed by atoms with E-state index in [1.54, 1.807) is 24.3 Å². The first-order valence-electron chi connectivity index (χ1n) is 6.32. The number of hydrogen-bond donors (Lipinski definition) is 0. The molecule has 0 bridgehead atoms. The molecule has 2 rings (SSSR count). The molecule has 0 aromatic heterocycles. The van der Waals surface area contributed by atoms with E-state index in [4.69, 9.17) is 10.1 Å². The molecule has 6 heteroatoms. The van der Waals surface area contributed by atoms with E-state index in [-0.39, 0.29) is 12.2 Å². The van der Waals surface area contributed by atoms with E-state index >= 15 is 0 Å². The van der Waals surface area contributed by atoms with E-state index in [2.05, 4.69) is 5.16 Å². The summed E-state index contributed by atoms with van der Waals surface area (Å²) in [6, 6.07) is 13.9. The van der Waals surface area contributed by atoms with E-state index in [1.165, 1.54) is 18.2 Å². The molecule has 112 valence electrons. The zero-order valence-corrected chi connectivity index (χ0v) is 11.3. The zero-order valence-electron chi connectivity index (χ0n) is 11.3. The van der Waals surface area contributed by atoms with Gasteiger partial charge in [0, 0.05) is 11.1 Å². The second kappa shape index (κ2) is 6.76. The lowest BCUT2D eigenvalue weighted by molar-refractivity contribution is -0.137. The summed E-state index contributed by atoms with van der Waals surface area (Å²) in [7, 11) is 0. The summed E-state index contributed by atoms with van der Waals surface area (Å²) in [4.78, 5) is 4.98. The maximum Gasteiger partial charge on any atom is 0.417 e. The lowest BCUT2D eigenvalue weighted by atomic mass is 10.1. The van der Waals surface area contributed by atoms with Crippen molar-refractivity contribution in [2.75, 3.05) is 0 Å². The first kappa shape index (κ1) is 15.6. The molecule has 0 spiro atoms. The highest BCUT2D eigenvalue weighted by Crippen LogP contribution is 2.31. The molecule has 0 heterocycles. The summed E-state index contributed by atoms with van der Waals surface area (Å²) in [5, 5.41) is 12.5. The monoisotopic (exact) mass is 304 g/mol. The van der Waals surface area contributed by atoms with Crippen molar-refractivity contribution >= 4 is 6.21 Å². The second-order valence-corrected chi connectivity index (χ2v) is 4.36. The van der Waals surface area contributed by atoms with Crippen LogP contribution in [0.4, 0.5) is 13.2 Å². The molecule has 2 aromatic rings. The van der Waals surface area contributed by atoms with Crippen LogP contribution in [0.15, 0.2) is 53.7 Å². The Morgan fingerprint density at radius 2 is 1.77 bits per heavy atom. The number of nitriles is 1. The van der Waals surface area contributed by atoms with Crippen LogP contribution in [0.25, 0.3) is 0 Å². The van der Waals surface area contributed by atoms with Gasteiger partial charge < -0.3 is 4.84 Å². The van der Waals surface area contributed by atoms with Crippen molar-refractivity contribution in [3.8, 4) is 6.07 Å². The minimum atomic E-state index is -4.45. The summed E-state index contributed by atoms with van der Waals surface area (Å²) in [6.07, 6.45) is -3.44. The lowest BCUT2D eigenvalue weighted by Gasteiger charge is -2.09. The number of oxime groups is 1. The van der Waals surface area contributed by atoms with Crippen LogP contribution in [0.5, 0.6) is 0 Å². The van der Waals surface area contributed by atoms with Crippen molar-refractivity contribution in [2.24, 2.45) is 5.16 Å². The maximum atomic E-state index is 12.8. The molecule has 0 fully saturated rings. The fourth-order valence-electron chi connectivity index (χ4n) is 1.82. The standard InChI is InChI=1S/C16H11F3N2O/c17-16(18,19)15-8-4-3-6-13(15)10-21-22-11-14-7-2-1-5-12(14)9-20/h1-8,10H,11H2. The normalized spacial score (nSPS) is 11.4. The quantitative estimate of drug-likeness (QED) is 0.630. The molecule has 22 heavy (non-hydrogen) atoms. The van der Waals surface area contributed by atoms with Crippen LogP contribution in [0.3, 0.4) is 0 Å². The topological polar surface area (TPSA) is 45.4 Å². The molecule has 3 nitrogen and oxygen atoms in total. The molecular weight excluding hydrogens is 293 g/mol. The van der Waals surface area contributed by atoms with Gasteiger partial charge in [-0.15, -0.1) is 0 Å². The summed E-state index contributed by atoms with van der Waals surface area (Å²) in [6.45, 7) is 0.00835. The summed E-state index contributed by atoms with van der Waals surface area (Å²) in [5.74, 6) is 0. The number of rotatable bonds is 4. The Hall–Kier alpha value is -2.81. The van der Waals surface area contributed by atoms with Crippen molar-refractivity contribution in [3.05, 3.63) is 70.8 Å². The zero-order chi connectivity index (χ0) is 16.0. The van der Waals surface area contributed by atoms with Gasteiger partial charge in [0.2, 0.25) is 0 Å². The van der Waals surface area contributed by atoms with E-state index in [9.17, 15) is 13.2 Å². The van der Waals surface area contributed by atoms with Gasteiger partial charge in [0.05, 0.1) is 23.4 Å². The summed E-state index contributed by atoms with van der Waals surface area (Å²) < 4.78 is 38.3. The van der Waals surface area contributed by atoms with Crippen LogP contribution in [0, 0.1) is 11.3 Å². The van der Waals surface area contributed by atoms with Gasteiger partial charge in [-0.3, -0.25) is 0 Å². The Morgan fingerprint density at radius 1 is 1.09 bits per heavy atom. The third-order valence-corrected chi connectivity index (χ3v) is 2.89. The van der Waals surface area contributed by atoms with Gasteiger partial charge in [0.15, 0.2) is 0 Å². The highest BCUT2D eigenvalue weighted by molar-refractivity contribution is 5.81. The van der Waals surface area contributed by atoms with Crippen molar-refractivity contribution in [1.82, 2.24) is 0 Å². The molecule has 0 atom stereocenters. The van der Waals surface area contributed by atoms with E-state index in [1.807, 2.05) is 6.07 Å². The lowest BCUT2D eigenvalue weighted by Crippen LogP contribution is -2.08. The highest BCUT2D eigenvalue weighted by Gasteiger charge is 2.32. The van der Waals surface area contributed by atoms with Gasteiger partial charge in [0.1, 0.15) is 6.61 Å². The minimum Gasteiger partial charge on any atom is -0.391 e. The first-order chi connectivity index (χ1) is 10.5. The van der Waals surface area contributed by atoms with Gasteiger partial charge in [-0.25, -0.2) is 0 Å². The fourth-order valence-corrected chi connectivity index (χ4v) is 1.82. The van der Waals surface area contributed by atoms with E-state index in [0.29, 0.717) is 11.1 Å². The predicted octanol–water partition coefficient (Wildman–Crippen LogP) is 4.13. The van der Waals surface area contributed by atoms with Crippen LogP contribution >= 0.6 is 0 Å². The molecule has 0 aliphatic carbocycles. The molecule has 2 aromatic carbocycles. The molecule has 0 aliphatic heterocycles. The third-order valence-electron chi connectivity index (χ3n) is 2.89. The fraction of sp³-hybridized carbons (Fsp3) is 0.125. The largest absolute Gasteiger partial charge is 0.417 e. The van der Waals surface area contributed by atoms with Crippen LogP contribution in [-0.4, -0.2) is 6.21 Å². The molecule has 0 amide bonds. The molecule has 0 saturated carbocycles. The second-order valence-electron chi connectivity index (χ2n) is 4.36. The van der Waals surface area contributed by atoms with Crippen LogP contribution in [0.1, 0.15) is 22.3 Å². The van der Waals surface area contributed by atoms with Gasteiger partial charge in [-0.2, -0.15) is 18.4 Å². The van der Waals surface area contributed by atoms with Crippen molar-refractivity contribution < 1.29 is 18.0 Å². The number of benzene rings is 2. The Labute approximate surface area is 125 Å². The number of hydrogen-bond acceptors (Lipinski definition) is 3. The Balaban J connectivity index is 2.07. The molecule has 0 saturated heterocycles. The average Bonchev–Trinajstić information content (AvgIpc) is 2.51. The van der Waals surface area contributed by atoms with E-state index in [0.717, 1.165) is 12.3 Å². The minimum absolute atomic E-state index is 0.00835. The number of alkyl halides is 3. The van der Waals surface area contributed by atoms with Crippen molar-refractivity contribution in [1.29, 1.82) is 5.26 Å². The Kier molecular flexibility index (Phi) is 4.79. The average molecular weight is 304 g/mol. The van der Waals surface area contributed by atoms with Crippen LogP contribution in [0.2, 0.25) is 0 Å². The van der Waals surface area contributed by atoms with Crippen molar-refractivity contribution in [3.63, 3.8) is 0 Å². The summed E-state index contributed by atoms with van der Waals surface area (Å²) in [5.41, 5.74) is 0.197. The highest BCUT2D eigenvalue weighted by atomic mass is 19.4. The molecule has 0 unspecified atom stereocenters. The van der Waals surface area contributed by atoms with Crippen LogP contribution < -0.4 is 0 Å². The Bertz CT molecular complexity index is 718. The summed E-state index contributed by atoms with van der Waals surface area (Å²) >= 11 is 0. The van der Waals surface area contributed by atoms with Crippen molar-refractivity contribution in [2.45, 2.75) is 12.8 Å². The smallest absolute Gasteiger partial charge is 0.391 e. The SMILES string of the molecule is N#Cc1ccccc1CON=Cc1ccccc1C(F)(F)F. The van der Waals surface area contributed by atoms with Gasteiger partial charge in [-0.1, -0.05) is 41.6 Å². The van der Waals surface area contributed by atoms with E-state index < -0.39 is 11.7 Å². The third kappa shape index (κ3) is 3.85. The maximum absolute atomic E-state index is 12.8. The van der Waals surface area contributed by atoms with Gasteiger partial charge in [0.25, 0.3) is 0 Å². The molecule has 0 aliphatic rings. The molecule has 0 N–H and O–H groups in total. The van der Waals surface area contributed by atoms with Gasteiger partial charge >= 0.3 is 6.18 Å². The Morgan fingerprint density at radius 3 is 2.50 bits per heavy atom. The number of halogens is 3. The van der Waals surface area contributed by atoms with Gasteiger partial charge in [-0.05, 0) is 12.1 Å². The predicted molar refractivity (Wildman–Crippen MR) is 75.0 cm³/mol. The number of nitrogens with zero attached hydrogens (tertiary/aromatic N) is 2. The molecular formula is C16H11F3N2O.